The van der Waals surface area contributed by atoms with Gasteiger partial charge in [-0.25, -0.2) is 4.39 Å². The van der Waals surface area contributed by atoms with Crippen molar-refractivity contribution in [1.29, 1.82) is 0 Å². The van der Waals surface area contributed by atoms with Gasteiger partial charge in [0.2, 0.25) is 5.91 Å². The van der Waals surface area contributed by atoms with Crippen LogP contribution in [0.3, 0.4) is 0 Å². The molecule has 2 atom stereocenters. The molecule has 6 nitrogen and oxygen atoms in total. The second-order valence-corrected chi connectivity index (χ2v) is 11.1. The topological polar surface area (TPSA) is 51.7 Å². The highest BCUT2D eigenvalue weighted by Crippen LogP contribution is 2.29. The van der Waals surface area contributed by atoms with E-state index in [0.717, 1.165) is 69.2 Å². The summed E-state index contributed by atoms with van der Waals surface area (Å²) in [4.78, 5) is 24.1. The molecule has 206 valence electrons. The lowest BCUT2D eigenvalue weighted by molar-refractivity contribution is -0.121. The van der Waals surface area contributed by atoms with Crippen LogP contribution in [0.2, 0.25) is 5.02 Å². The van der Waals surface area contributed by atoms with Crippen LogP contribution in [0.1, 0.15) is 30.4 Å². The van der Waals surface area contributed by atoms with Crippen molar-refractivity contribution >= 4 is 23.2 Å². The number of amides is 1. The number of nitrogens with zero attached hydrogens (tertiary/aromatic N) is 4. The van der Waals surface area contributed by atoms with Crippen molar-refractivity contribution in [2.45, 2.75) is 38.4 Å². The zero-order valence-corrected chi connectivity index (χ0v) is 23.1. The van der Waals surface area contributed by atoms with Crippen LogP contribution >= 0.6 is 11.6 Å². The van der Waals surface area contributed by atoms with Crippen LogP contribution in [-0.2, 0) is 17.9 Å². The minimum atomic E-state index is -0.156. The fourth-order valence-corrected chi connectivity index (χ4v) is 6.09. The first kappa shape index (κ1) is 27.6. The zero-order valence-electron chi connectivity index (χ0n) is 22.3. The number of carbonyl (C=O) groups excluding carboxylic acids is 1. The number of benzene rings is 2. The summed E-state index contributed by atoms with van der Waals surface area (Å²) in [7, 11) is 0. The number of para-hydroxylation sites is 1. The van der Waals surface area contributed by atoms with E-state index < -0.39 is 0 Å². The standard InChI is InChI=1S/C31H37ClFN5O/c32-27-10-7-24(8-11-27)22-36-15-13-29(37-16-18-38(19-17-37)30-6-2-1-5-28(30)33)26(23-36)9-12-31(39)35-21-25-4-3-14-34-20-25/h1-8,10-11,14,20,26,29H,9,12-13,15-19,21-23H2,(H,35,39)/t26-,29+/m0/s1. The van der Waals surface area contributed by atoms with Crippen LogP contribution in [0.15, 0.2) is 73.1 Å². The molecular weight excluding hydrogens is 513 g/mol. The van der Waals surface area contributed by atoms with Gasteiger partial charge in [0.1, 0.15) is 5.82 Å². The van der Waals surface area contributed by atoms with Crippen molar-refractivity contribution in [1.82, 2.24) is 20.1 Å². The number of carbonyl (C=O) groups is 1. The summed E-state index contributed by atoms with van der Waals surface area (Å²) in [6, 6.07) is 19.4. The molecular formula is C31H37ClFN5O. The number of piperidine rings is 1. The molecule has 1 aromatic heterocycles. The number of halogens is 2. The van der Waals surface area contributed by atoms with Gasteiger partial charge in [0.05, 0.1) is 5.69 Å². The molecule has 8 heteroatoms. The average Bonchev–Trinajstić information content (AvgIpc) is 2.97. The lowest BCUT2D eigenvalue weighted by Crippen LogP contribution is -2.56. The Kier molecular flexibility index (Phi) is 9.45. The Morgan fingerprint density at radius 1 is 0.974 bits per heavy atom. The van der Waals surface area contributed by atoms with E-state index in [2.05, 4.69) is 37.1 Å². The third kappa shape index (κ3) is 7.56. The maximum Gasteiger partial charge on any atom is 0.220 e. The summed E-state index contributed by atoms with van der Waals surface area (Å²) >= 11 is 6.09. The van der Waals surface area contributed by atoms with E-state index in [1.807, 2.05) is 36.4 Å². The molecule has 3 heterocycles. The average molecular weight is 550 g/mol. The Labute approximate surface area is 235 Å². The normalized spacial score (nSPS) is 20.6. The van der Waals surface area contributed by atoms with Gasteiger partial charge < -0.3 is 10.2 Å². The maximum absolute atomic E-state index is 14.4. The number of nitrogens with one attached hydrogen (secondary N) is 1. The fourth-order valence-electron chi connectivity index (χ4n) is 5.96. The Morgan fingerprint density at radius 2 is 1.77 bits per heavy atom. The van der Waals surface area contributed by atoms with Crippen molar-refractivity contribution in [3.63, 3.8) is 0 Å². The molecule has 1 amide bonds. The molecule has 39 heavy (non-hydrogen) atoms. The van der Waals surface area contributed by atoms with Crippen molar-refractivity contribution in [3.05, 3.63) is 95.0 Å². The SMILES string of the molecule is O=C(CC[C@H]1CN(Cc2ccc(Cl)cc2)CC[C@H]1N1CCN(c2ccccc2F)CC1)NCc1cccnc1. The zero-order chi connectivity index (χ0) is 27.0. The van der Waals surface area contributed by atoms with Crippen LogP contribution in [0, 0.1) is 11.7 Å². The molecule has 2 fully saturated rings. The first-order chi connectivity index (χ1) is 19.0. The molecule has 2 aliphatic rings. The summed E-state index contributed by atoms with van der Waals surface area (Å²) in [6.07, 6.45) is 5.93. The smallest absolute Gasteiger partial charge is 0.220 e. The molecule has 0 aliphatic carbocycles. The van der Waals surface area contributed by atoms with Crippen LogP contribution in [0.5, 0.6) is 0 Å². The van der Waals surface area contributed by atoms with E-state index in [4.69, 9.17) is 11.6 Å². The van der Waals surface area contributed by atoms with Gasteiger partial charge in [0.25, 0.3) is 0 Å². The number of hydrogen-bond acceptors (Lipinski definition) is 5. The maximum atomic E-state index is 14.4. The highest BCUT2D eigenvalue weighted by atomic mass is 35.5. The highest BCUT2D eigenvalue weighted by molar-refractivity contribution is 6.30. The van der Waals surface area contributed by atoms with Crippen LogP contribution in [-0.4, -0.2) is 66.0 Å². The lowest BCUT2D eigenvalue weighted by Gasteiger charge is -2.47. The Hall–Kier alpha value is -3.00. The van der Waals surface area contributed by atoms with Crippen LogP contribution < -0.4 is 10.2 Å². The number of rotatable bonds is 9. The third-order valence-electron chi connectivity index (χ3n) is 8.03. The minimum absolute atomic E-state index is 0.0804. The molecule has 0 unspecified atom stereocenters. The molecule has 0 radical (unpaired) electrons. The summed E-state index contributed by atoms with van der Waals surface area (Å²) in [6.45, 7) is 6.78. The molecule has 0 bridgehead atoms. The summed E-state index contributed by atoms with van der Waals surface area (Å²) in [5.41, 5.74) is 2.95. The summed E-state index contributed by atoms with van der Waals surface area (Å²) in [5, 5.41) is 3.81. The van der Waals surface area contributed by atoms with Crippen molar-refractivity contribution < 1.29 is 9.18 Å². The summed E-state index contributed by atoms with van der Waals surface area (Å²) < 4.78 is 14.4. The second kappa shape index (κ2) is 13.4. The molecule has 0 saturated carbocycles. The van der Waals surface area contributed by atoms with Crippen molar-refractivity contribution in [2.75, 3.05) is 44.2 Å². The van der Waals surface area contributed by atoms with Gasteiger partial charge in [0.15, 0.2) is 0 Å². The molecule has 2 aliphatic heterocycles. The number of aromatic nitrogens is 1. The van der Waals surface area contributed by atoms with Gasteiger partial charge in [-0.05, 0) is 66.8 Å². The fraction of sp³-hybridized carbons (Fsp3) is 0.419. The Balaban J connectivity index is 1.20. The number of likely N-dealkylation sites (tertiary alicyclic amines) is 1. The predicted octanol–water partition coefficient (Wildman–Crippen LogP) is 4.98. The molecule has 2 saturated heterocycles. The first-order valence-corrected chi connectivity index (χ1v) is 14.3. The number of pyridine rings is 1. The van der Waals surface area contributed by atoms with Gasteiger partial charge in [-0.1, -0.05) is 41.9 Å². The van der Waals surface area contributed by atoms with E-state index in [0.29, 0.717) is 30.6 Å². The van der Waals surface area contributed by atoms with E-state index in [-0.39, 0.29) is 11.7 Å². The van der Waals surface area contributed by atoms with E-state index in [1.165, 1.54) is 11.6 Å². The molecule has 5 rings (SSSR count). The van der Waals surface area contributed by atoms with Gasteiger partial charge in [-0.15, -0.1) is 0 Å². The second-order valence-electron chi connectivity index (χ2n) is 10.6. The van der Waals surface area contributed by atoms with Crippen LogP contribution in [0.4, 0.5) is 10.1 Å². The molecule has 3 aromatic rings. The molecule has 1 N–H and O–H groups in total. The first-order valence-electron chi connectivity index (χ1n) is 13.9. The number of hydrogen-bond donors (Lipinski definition) is 1. The third-order valence-corrected chi connectivity index (χ3v) is 8.28. The quantitative estimate of drug-likeness (QED) is 0.408. The van der Waals surface area contributed by atoms with Crippen molar-refractivity contribution in [2.24, 2.45) is 5.92 Å². The predicted molar refractivity (Wildman–Crippen MR) is 154 cm³/mol. The van der Waals surface area contributed by atoms with Gasteiger partial charge in [0, 0.05) is 75.7 Å². The molecule has 0 spiro atoms. The monoisotopic (exact) mass is 549 g/mol. The van der Waals surface area contributed by atoms with E-state index >= 15 is 0 Å². The molecule has 2 aromatic carbocycles. The summed E-state index contributed by atoms with van der Waals surface area (Å²) in [5.74, 6) is 0.309. The Morgan fingerprint density at radius 3 is 2.51 bits per heavy atom. The van der Waals surface area contributed by atoms with Crippen molar-refractivity contribution in [3.8, 4) is 0 Å². The van der Waals surface area contributed by atoms with E-state index in [9.17, 15) is 9.18 Å². The van der Waals surface area contributed by atoms with Gasteiger partial charge >= 0.3 is 0 Å². The van der Waals surface area contributed by atoms with Gasteiger partial charge in [-0.2, -0.15) is 0 Å². The number of anilines is 1. The van der Waals surface area contributed by atoms with E-state index in [1.54, 1.807) is 18.5 Å². The number of piperazine rings is 1. The van der Waals surface area contributed by atoms with Crippen LogP contribution in [0.25, 0.3) is 0 Å². The highest BCUT2D eigenvalue weighted by Gasteiger charge is 2.35. The largest absolute Gasteiger partial charge is 0.367 e. The minimum Gasteiger partial charge on any atom is -0.367 e. The Bertz CT molecular complexity index is 1200. The van der Waals surface area contributed by atoms with Gasteiger partial charge in [-0.3, -0.25) is 19.6 Å². The lowest BCUT2D eigenvalue weighted by atomic mass is 9.86.